The Labute approximate surface area is 150 Å². The molecule has 0 bridgehead atoms. The van der Waals surface area contributed by atoms with Crippen LogP contribution in [0.15, 0.2) is 28.6 Å². The number of carboxylic acids is 1. The van der Waals surface area contributed by atoms with Crippen molar-refractivity contribution in [3.63, 3.8) is 0 Å². The quantitative estimate of drug-likeness (QED) is 0.789. The number of carbonyl (C=O) groups is 1. The van der Waals surface area contributed by atoms with E-state index in [1.807, 2.05) is 6.92 Å². The lowest BCUT2D eigenvalue weighted by atomic mass is 10.1. The summed E-state index contributed by atoms with van der Waals surface area (Å²) in [6.07, 6.45) is 2.31. The summed E-state index contributed by atoms with van der Waals surface area (Å²) < 4.78 is 28.8. The van der Waals surface area contributed by atoms with E-state index < -0.39 is 16.0 Å². The molecule has 0 saturated heterocycles. The first-order valence-electron chi connectivity index (χ1n) is 7.96. The summed E-state index contributed by atoms with van der Waals surface area (Å²) in [6.45, 7) is 4.01. The number of rotatable bonds is 6. The Balaban J connectivity index is 1.64. The molecule has 2 aromatic heterocycles. The summed E-state index contributed by atoms with van der Waals surface area (Å²) in [4.78, 5) is 14.7. The summed E-state index contributed by atoms with van der Waals surface area (Å²) in [5.74, 6) is -1.16. The summed E-state index contributed by atoms with van der Waals surface area (Å²) in [5.41, 5.74) is 1.26. The van der Waals surface area contributed by atoms with E-state index >= 15 is 0 Å². The van der Waals surface area contributed by atoms with Crippen molar-refractivity contribution >= 4 is 27.3 Å². The zero-order valence-corrected chi connectivity index (χ0v) is 15.7. The maximum Gasteiger partial charge on any atom is 0.352 e. The molecule has 0 aliphatic carbocycles. The van der Waals surface area contributed by atoms with Gasteiger partial charge in [-0.3, -0.25) is 4.90 Å². The molecule has 7 nitrogen and oxygen atoms in total. The van der Waals surface area contributed by atoms with Crippen LogP contribution in [0.2, 0.25) is 0 Å². The number of aromatic carboxylic acids is 1. The number of thiophene rings is 1. The molecule has 0 aromatic carbocycles. The fourth-order valence-corrected chi connectivity index (χ4v) is 5.06. The average molecular weight is 383 g/mol. The predicted molar refractivity (Wildman–Crippen MR) is 95.5 cm³/mol. The average Bonchev–Trinajstić information content (AvgIpc) is 3.18. The van der Waals surface area contributed by atoms with Gasteiger partial charge in [0.2, 0.25) is 10.0 Å². The van der Waals surface area contributed by atoms with E-state index in [4.69, 9.17) is 5.11 Å². The smallest absolute Gasteiger partial charge is 0.352 e. The van der Waals surface area contributed by atoms with Crippen LogP contribution in [0.5, 0.6) is 0 Å². The molecule has 2 N–H and O–H groups in total. The van der Waals surface area contributed by atoms with Crippen LogP contribution in [0, 0.1) is 0 Å². The molecule has 136 valence electrons. The Morgan fingerprint density at radius 1 is 1.48 bits per heavy atom. The zero-order chi connectivity index (χ0) is 18.2. The molecule has 0 amide bonds. The summed E-state index contributed by atoms with van der Waals surface area (Å²) in [5, 5.41) is 11.1. The highest BCUT2D eigenvalue weighted by atomic mass is 32.2. The van der Waals surface area contributed by atoms with Crippen LogP contribution in [0.25, 0.3) is 0 Å². The molecule has 0 spiro atoms. The first kappa shape index (κ1) is 18.1. The first-order chi connectivity index (χ1) is 11.8. The van der Waals surface area contributed by atoms with Crippen LogP contribution in [-0.4, -0.2) is 48.1 Å². The van der Waals surface area contributed by atoms with Crippen molar-refractivity contribution in [2.75, 3.05) is 13.1 Å². The van der Waals surface area contributed by atoms with Gasteiger partial charge in [0, 0.05) is 43.8 Å². The van der Waals surface area contributed by atoms with E-state index in [1.54, 1.807) is 11.3 Å². The van der Waals surface area contributed by atoms with Crippen molar-refractivity contribution in [1.29, 1.82) is 0 Å². The van der Waals surface area contributed by atoms with Crippen molar-refractivity contribution in [1.82, 2.24) is 14.2 Å². The lowest BCUT2D eigenvalue weighted by molar-refractivity contribution is 0.0686. The molecule has 0 saturated carbocycles. The van der Waals surface area contributed by atoms with Crippen LogP contribution < -0.4 is 4.72 Å². The molecule has 0 radical (unpaired) electrons. The predicted octanol–water partition coefficient (Wildman–Crippen LogP) is 1.51. The van der Waals surface area contributed by atoms with Crippen molar-refractivity contribution in [3.05, 3.63) is 39.8 Å². The van der Waals surface area contributed by atoms with Crippen LogP contribution in [0.3, 0.4) is 0 Å². The Morgan fingerprint density at radius 2 is 2.24 bits per heavy atom. The highest BCUT2D eigenvalue weighted by Crippen LogP contribution is 2.25. The normalized spacial score (nSPS) is 16.6. The van der Waals surface area contributed by atoms with E-state index in [0.29, 0.717) is 0 Å². The standard InChI is InChI=1S/C16H21N3O4S2/c1-11(19-5-3-15-12(9-19)4-6-24-15)8-17-25(22,23)13-7-14(16(20)21)18(2)10-13/h4,6-7,10-11,17H,3,5,8-9H2,1-2H3,(H,20,21)/t11-/m1/s1. The number of hydrogen-bond acceptors (Lipinski definition) is 5. The molecular formula is C16H21N3O4S2. The molecular weight excluding hydrogens is 362 g/mol. The Morgan fingerprint density at radius 3 is 2.92 bits per heavy atom. The molecule has 1 atom stereocenters. The minimum Gasteiger partial charge on any atom is -0.477 e. The number of fused-ring (bicyclic) bond motifs is 1. The molecule has 0 fully saturated rings. The lowest BCUT2D eigenvalue weighted by Crippen LogP contribution is -2.44. The second-order valence-corrected chi connectivity index (χ2v) is 9.04. The molecule has 1 aliphatic heterocycles. The highest BCUT2D eigenvalue weighted by Gasteiger charge is 2.24. The Hall–Kier alpha value is -1.68. The number of hydrogen-bond donors (Lipinski definition) is 2. The topological polar surface area (TPSA) is 91.6 Å². The van der Waals surface area contributed by atoms with E-state index in [-0.39, 0.29) is 23.2 Å². The summed E-state index contributed by atoms with van der Waals surface area (Å²) in [6, 6.07) is 3.35. The molecule has 25 heavy (non-hydrogen) atoms. The summed E-state index contributed by atoms with van der Waals surface area (Å²) in [7, 11) is -2.23. The van der Waals surface area contributed by atoms with Gasteiger partial charge in [-0.1, -0.05) is 0 Å². The van der Waals surface area contributed by atoms with Gasteiger partial charge in [0.05, 0.1) is 0 Å². The van der Waals surface area contributed by atoms with Gasteiger partial charge in [-0.05, 0) is 36.4 Å². The van der Waals surface area contributed by atoms with E-state index in [9.17, 15) is 13.2 Å². The number of carboxylic acid groups (broad SMARTS) is 1. The first-order valence-corrected chi connectivity index (χ1v) is 10.3. The Kier molecular flexibility index (Phi) is 5.01. The third kappa shape index (κ3) is 3.79. The van der Waals surface area contributed by atoms with Crippen LogP contribution >= 0.6 is 11.3 Å². The maximum atomic E-state index is 12.4. The van der Waals surface area contributed by atoms with Gasteiger partial charge in [0.15, 0.2) is 0 Å². The van der Waals surface area contributed by atoms with E-state index in [2.05, 4.69) is 21.1 Å². The summed E-state index contributed by atoms with van der Waals surface area (Å²) >= 11 is 1.77. The number of nitrogens with zero attached hydrogens (tertiary/aromatic N) is 2. The number of aromatic nitrogens is 1. The minimum atomic E-state index is -3.74. The third-order valence-corrected chi connectivity index (χ3v) is 6.95. The van der Waals surface area contributed by atoms with Gasteiger partial charge in [0.1, 0.15) is 10.6 Å². The van der Waals surface area contributed by atoms with Crippen molar-refractivity contribution < 1.29 is 18.3 Å². The van der Waals surface area contributed by atoms with Crippen LogP contribution in [-0.2, 0) is 30.0 Å². The fourth-order valence-electron chi connectivity index (χ4n) is 2.98. The zero-order valence-electron chi connectivity index (χ0n) is 14.1. The maximum absolute atomic E-state index is 12.4. The van der Waals surface area contributed by atoms with Gasteiger partial charge in [-0.25, -0.2) is 17.9 Å². The van der Waals surface area contributed by atoms with Crippen LogP contribution in [0.1, 0.15) is 27.9 Å². The largest absolute Gasteiger partial charge is 0.477 e. The van der Waals surface area contributed by atoms with Gasteiger partial charge in [-0.2, -0.15) is 0 Å². The van der Waals surface area contributed by atoms with Crippen molar-refractivity contribution in [2.45, 2.75) is 30.8 Å². The molecule has 3 heterocycles. The van der Waals surface area contributed by atoms with Crippen molar-refractivity contribution in [2.24, 2.45) is 7.05 Å². The second-order valence-electron chi connectivity index (χ2n) is 6.27. The van der Waals surface area contributed by atoms with Crippen LogP contribution in [0.4, 0.5) is 0 Å². The molecule has 9 heteroatoms. The Bertz CT molecular complexity index is 885. The van der Waals surface area contributed by atoms with Gasteiger partial charge < -0.3 is 9.67 Å². The monoisotopic (exact) mass is 383 g/mol. The molecule has 3 rings (SSSR count). The molecule has 0 unspecified atom stereocenters. The minimum absolute atomic E-state index is 0.0293. The number of aryl methyl sites for hydroxylation is 1. The van der Waals surface area contributed by atoms with E-state index in [1.165, 1.54) is 34.3 Å². The van der Waals surface area contributed by atoms with Gasteiger partial charge in [-0.15, -0.1) is 11.3 Å². The fraction of sp³-hybridized carbons (Fsp3) is 0.438. The molecule has 1 aliphatic rings. The highest BCUT2D eigenvalue weighted by molar-refractivity contribution is 7.89. The molecule has 2 aromatic rings. The van der Waals surface area contributed by atoms with E-state index in [0.717, 1.165) is 19.5 Å². The number of nitrogens with one attached hydrogen (secondary N) is 1. The SMILES string of the molecule is C[C@H](CNS(=O)(=O)c1cc(C(=O)O)n(C)c1)N1CCc2sccc2C1. The lowest BCUT2D eigenvalue weighted by Gasteiger charge is -2.32. The van der Waals surface area contributed by atoms with Gasteiger partial charge >= 0.3 is 5.97 Å². The number of sulfonamides is 1. The van der Waals surface area contributed by atoms with Gasteiger partial charge in [0.25, 0.3) is 0 Å². The second kappa shape index (κ2) is 6.91. The van der Waals surface area contributed by atoms with Crippen molar-refractivity contribution in [3.8, 4) is 0 Å². The third-order valence-electron chi connectivity index (χ3n) is 4.54.